The van der Waals surface area contributed by atoms with Gasteiger partial charge in [-0.3, -0.25) is 9.69 Å². The maximum Gasteiger partial charge on any atom is 0.227 e. The first kappa shape index (κ1) is 18.4. The minimum absolute atomic E-state index is 0.215. The van der Waals surface area contributed by atoms with Gasteiger partial charge in [0, 0.05) is 52.0 Å². The molecule has 1 aromatic rings. The van der Waals surface area contributed by atoms with Crippen LogP contribution in [-0.2, 0) is 17.6 Å². The minimum atomic E-state index is 0.215. The standard InChI is InChI=1S/C19H32N4O2/c1-2-6-17-20-18(25-21-17)9-10-19(24)23-13-11-22(12-14-23)15-16-7-4-3-5-8-16/h16H,2-15H2,1H3. The number of nitrogens with zero attached hydrogens (tertiary/aromatic N) is 4. The molecule has 140 valence electrons. The Hall–Kier alpha value is -1.43. The fourth-order valence-electron chi connectivity index (χ4n) is 4.00. The molecule has 1 aliphatic heterocycles. The van der Waals surface area contributed by atoms with Crippen molar-refractivity contribution >= 4 is 5.91 Å². The van der Waals surface area contributed by atoms with Gasteiger partial charge in [0.1, 0.15) is 0 Å². The Morgan fingerprint density at radius 3 is 2.60 bits per heavy atom. The van der Waals surface area contributed by atoms with Crippen LogP contribution in [0.2, 0.25) is 0 Å². The van der Waals surface area contributed by atoms with E-state index in [1.165, 1.54) is 38.6 Å². The Morgan fingerprint density at radius 2 is 1.88 bits per heavy atom. The van der Waals surface area contributed by atoms with E-state index in [4.69, 9.17) is 4.52 Å². The van der Waals surface area contributed by atoms with Gasteiger partial charge < -0.3 is 9.42 Å². The Balaban J connectivity index is 1.36. The third kappa shape index (κ3) is 5.53. The number of amides is 1. The van der Waals surface area contributed by atoms with E-state index >= 15 is 0 Å². The molecule has 3 rings (SSSR count). The topological polar surface area (TPSA) is 62.5 Å². The second-order valence-electron chi connectivity index (χ2n) is 7.54. The van der Waals surface area contributed by atoms with E-state index in [0.717, 1.165) is 50.8 Å². The summed E-state index contributed by atoms with van der Waals surface area (Å²) in [5.41, 5.74) is 0. The lowest BCUT2D eigenvalue weighted by Crippen LogP contribution is -2.49. The average Bonchev–Trinajstić information content (AvgIpc) is 3.09. The van der Waals surface area contributed by atoms with Gasteiger partial charge in [0.2, 0.25) is 11.8 Å². The van der Waals surface area contributed by atoms with Gasteiger partial charge in [-0.05, 0) is 25.2 Å². The highest BCUT2D eigenvalue weighted by Crippen LogP contribution is 2.24. The molecule has 6 heteroatoms. The Morgan fingerprint density at radius 1 is 1.12 bits per heavy atom. The molecule has 1 aromatic heterocycles. The van der Waals surface area contributed by atoms with Gasteiger partial charge in [-0.1, -0.05) is 31.3 Å². The van der Waals surface area contributed by atoms with Gasteiger partial charge in [-0.25, -0.2) is 0 Å². The zero-order valence-electron chi connectivity index (χ0n) is 15.6. The zero-order chi connectivity index (χ0) is 17.5. The Bertz CT molecular complexity index is 531. The van der Waals surface area contributed by atoms with E-state index in [2.05, 4.69) is 22.0 Å². The van der Waals surface area contributed by atoms with Crippen LogP contribution in [0.4, 0.5) is 0 Å². The molecule has 0 unspecified atom stereocenters. The van der Waals surface area contributed by atoms with Crippen molar-refractivity contribution in [2.45, 2.75) is 64.7 Å². The number of hydrogen-bond acceptors (Lipinski definition) is 5. The van der Waals surface area contributed by atoms with E-state index < -0.39 is 0 Å². The fraction of sp³-hybridized carbons (Fsp3) is 0.842. The summed E-state index contributed by atoms with van der Waals surface area (Å²) in [4.78, 5) is 21.3. The Labute approximate surface area is 150 Å². The smallest absolute Gasteiger partial charge is 0.227 e. The van der Waals surface area contributed by atoms with Crippen molar-refractivity contribution in [3.05, 3.63) is 11.7 Å². The van der Waals surface area contributed by atoms with Crippen LogP contribution >= 0.6 is 0 Å². The zero-order valence-corrected chi connectivity index (χ0v) is 15.6. The third-order valence-corrected chi connectivity index (χ3v) is 5.50. The van der Waals surface area contributed by atoms with Crippen molar-refractivity contribution in [3.63, 3.8) is 0 Å². The first-order valence-corrected chi connectivity index (χ1v) is 10.1. The summed E-state index contributed by atoms with van der Waals surface area (Å²) in [6.07, 6.45) is 9.86. The van der Waals surface area contributed by atoms with Crippen LogP contribution in [-0.4, -0.2) is 58.6 Å². The summed E-state index contributed by atoms with van der Waals surface area (Å²) in [5, 5.41) is 3.94. The first-order chi connectivity index (χ1) is 12.2. The molecule has 6 nitrogen and oxygen atoms in total. The molecule has 0 N–H and O–H groups in total. The van der Waals surface area contributed by atoms with E-state index in [0.29, 0.717) is 18.7 Å². The minimum Gasteiger partial charge on any atom is -0.340 e. The largest absolute Gasteiger partial charge is 0.340 e. The molecular weight excluding hydrogens is 316 g/mol. The fourth-order valence-corrected chi connectivity index (χ4v) is 4.00. The van der Waals surface area contributed by atoms with Crippen LogP contribution in [0, 0.1) is 5.92 Å². The monoisotopic (exact) mass is 348 g/mol. The van der Waals surface area contributed by atoms with Gasteiger partial charge in [0.05, 0.1) is 0 Å². The predicted molar refractivity (Wildman–Crippen MR) is 96.2 cm³/mol. The molecule has 2 heterocycles. The number of aryl methyl sites for hydroxylation is 2. The van der Waals surface area contributed by atoms with Gasteiger partial charge in [-0.2, -0.15) is 4.98 Å². The van der Waals surface area contributed by atoms with Crippen molar-refractivity contribution < 1.29 is 9.32 Å². The molecule has 0 radical (unpaired) electrons. The number of hydrogen-bond donors (Lipinski definition) is 0. The maximum atomic E-state index is 12.4. The molecule has 1 aliphatic carbocycles. The van der Waals surface area contributed by atoms with Crippen molar-refractivity contribution in [1.29, 1.82) is 0 Å². The number of piperazine rings is 1. The summed E-state index contributed by atoms with van der Waals surface area (Å²) in [7, 11) is 0. The Kier molecular flexibility index (Phi) is 6.84. The van der Waals surface area contributed by atoms with Crippen molar-refractivity contribution in [1.82, 2.24) is 19.9 Å². The van der Waals surface area contributed by atoms with Crippen LogP contribution in [0.3, 0.4) is 0 Å². The molecule has 1 saturated carbocycles. The van der Waals surface area contributed by atoms with Crippen LogP contribution in [0.25, 0.3) is 0 Å². The normalized spacial score (nSPS) is 20.1. The first-order valence-electron chi connectivity index (χ1n) is 10.1. The van der Waals surface area contributed by atoms with E-state index in [-0.39, 0.29) is 5.91 Å². The molecular formula is C19H32N4O2. The maximum absolute atomic E-state index is 12.4. The number of carbonyl (C=O) groups excluding carboxylic acids is 1. The van der Waals surface area contributed by atoms with E-state index in [1.807, 2.05) is 4.90 Å². The molecule has 1 saturated heterocycles. The van der Waals surface area contributed by atoms with Crippen LogP contribution < -0.4 is 0 Å². The molecule has 1 amide bonds. The highest BCUT2D eigenvalue weighted by Gasteiger charge is 2.24. The second kappa shape index (κ2) is 9.32. The second-order valence-corrected chi connectivity index (χ2v) is 7.54. The van der Waals surface area contributed by atoms with Crippen molar-refractivity contribution in [3.8, 4) is 0 Å². The van der Waals surface area contributed by atoms with Gasteiger partial charge >= 0.3 is 0 Å². The van der Waals surface area contributed by atoms with E-state index in [1.54, 1.807) is 0 Å². The average molecular weight is 348 g/mol. The summed E-state index contributed by atoms with van der Waals surface area (Å²) in [5.74, 6) is 2.44. The summed E-state index contributed by atoms with van der Waals surface area (Å²) in [6, 6.07) is 0. The lowest BCUT2D eigenvalue weighted by molar-refractivity contribution is -0.133. The number of rotatable bonds is 7. The predicted octanol–water partition coefficient (Wildman–Crippen LogP) is 2.68. The van der Waals surface area contributed by atoms with E-state index in [9.17, 15) is 4.79 Å². The summed E-state index contributed by atoms with van der Waals surface area (Å²) < 4.78 is 5.22. The van der Waals surface area contributed by atoms with Gasteiger partial charge in [-0.15, -0.1) is 0 Å². The molecule has 0 bridgehead atoms. The quantitative estimate of drug-likeness (QED) is 0.758. The SMILES string of the molecule is CCCc1noc(CCC(=O)N2CCN(CC3CCCCC3)CC2)n1. The third-order valence-electron chi connectivity index (χ3n) is 5.50. The summed E-state index contributed by atoms with van der Waals surface area (Å²) >= 11 is 0. The van der Waals surface area contributed by atoms with Crippen LogP contribution in [0.5, 0.6) is 0 Å². The van der Waals surface area contributed by atoms with Gasteiger partial charge in [0.25, 0.3) is 0 Å². The van der Waals surface area contributed by atoms with Gasteiger partial charge in [0.15, 0.2) is 5.82 Å². The van der Waals surface area contributed by atoms with Crippen LogP contribution in [0.1, 0.15) is 63.6 Å². The molecule has 25 heavy (non-hydrogen) atoms. The number of aromatic nitrogens is 2. The number of carbonyl (C=O) groups is 1. The molecule has 0 aromatic carbocycles. The van der Waals surface area contributed by atoms with Crippen LogP contribution in [0.15, 0.2) is 4.52 Å². The highest BCUT2D eigenvalue weighted by molar-refractivity contribution is 5.76. The molecule has 0 atom stereocenters. The lowest BCUT2D eigenvalue weighted by Gasteiger charge is -2.37. The molecule has 0 spiro atoms. The lowest BCUT2D eigenvalue weighted by atomic mass is 9.89. The molecule has 2 aliphatic rings. The highest BCUT2D eigenvalue weighted by atomic mass is 16.5. The van der Waals surface area contributed by atoms with Crippen molar-refractivity contribution in [2.24, 2.45) is 5.92 Å². The molecule has 2 fully saturated rings. The summed E-state index contributed by atoms with van der Waals surface area (Å²) in [6.45, 7) is 7.07. The van der Waals surface area contributed by atoms with Crippen molar-refractivity contribution in [2.75, 3.05) is 32.7 Å².